The Bertz CT molecular complexity index is 299. The van der Waals surface area contributed by atoms with Crippen LogP contribution in [0.25, 0.3) is 0 Å². The summed E-state index contributed by atoms with van der Waals surface area (Å²) in [4.78, 5) is 11.9. The van der Waals surface area contributed by atoms with Gasteiger partial charge in [0.2, 0.25) is 0 Å². The second-order valence-electron chi connectivity index (χ2n) is 6.82. The van der Waals surface area contributed by atoms with E-state index in [9.17, 15) is 9.90 Å². The van der Waals surface area contributed by atoms with Gasteiger partial charge < -0.3 is 5.11 Å². The summed E-state index contributed by atoms with van der Waals surface area (Å²) in [5, 5.41) is 10.1. The number of rotatable bonds is 2. The van der Waals surface area contributed by atoms with Crippen molar-refractivity contribution < 1.29 is 9.90 Å². The average molecular weight is 252 g/mol. The Labute approximate surface area is 111 Å². The van der Waals surface area contributed by atoms with Gasteiger partial charge in [0, 0.05) is 5.92 Å². The lowest BCUT2D eigenvalue weighted by molar-refractivity contribution is -0.126. The lowest BCUT2D eigenvalue weighted by Gasteiger charge is -2.44. The van der Waals surface area contributed by atoms with Crippen LogP contribution in [0.5, 0.6) is 0 Å². The summed E-state index contributed by atoms with van der Waals surface area (Å²) in [6, 6.07) is 0. The SMILES string of the molecule is CC(=O)C1CCC(C)CC1C1CCCC(O)C1C. The molecule has 0 saturated heterocycles. The van der Waals surface area contributed by atoms with Gasteiger partial charge in [-0.1, -0.05) is 26.7 Å². The second kappa shape index (κ2) is 5.73. The molecule has 0 spiro atoms. The summed E-state index contributed by atoms with van der Waals surface area (Å²) in [5.41, 5.74) is 0. The fourth-order valence-electron chi connectivity index (χ4n) is 4.38. The molecule has 2 aliphatic carbocycles. The van der Waals surface area contributed by atoms with E-state index >= 15 is 0 Å². The molecule has 104 valence electrons. The maximum Gasteiger partial charge on any atom is 0.133 e. The van der Waals surface area contributed by atoms with Crippen molar-refractivity contribution in [2.24, 2.45) is 29.6 Å². The third kappa shape index (κ3) is 2.79. The van der Waals surface area contributed by atoms with Crippen LogP contribution in [0.1, 0.15) is 59.3 Å². The molecule has 2 rings (SSSR count). The Morgan fingerprint density at radius 2 is 1.78 bits per heavy atom. The van der Waals surface area contributed by atoms with E-state index < -0.39 is 0 Å². The predicted octanol–water partition coefficient (Wildman–Crippen LogP) is 3.42. The number of hydrogen-bond acceptors (Lipinski definition) is 2. The van der Waals surface area contributed by atoms with Gasteiger partial charge in [0.05, 0.1) is 6.10 Å². The van der Waals surface area contributed by atoms with Gasteiger partial charge >= 0.3 is 0 Å². The molecule has 0 aliphatic heterocycles. The molecule has 2 heteroatoms. The van der Waals surface area contributed by atoms with Crippen molar-refractivity contribution in [3.05, 3.63) is 0 Å². The maximum absolute atomic E-state index is 11.9. The molecule has 2 nitrogen and oxygen atoms in total. The van der Waals surface area contributed by atoms with E-state index in [1.165, 1.54) is 19.3 Å². The molecule has 0 aromatic heterocycles. The summed E-state index contributed by atoms with van der Waals surface area (Å²) in [7, 11) is 0. The predicted molar refractivity (Wildman–Crippen MR) is 73.2 cm³/mol. The standard InChI is InChI=1S/C16H28O2/c1-10-7-8-14(12(3)17)15(9-10)13-5-4-6-16(18)11(13)2/h10-11,13-16,18H,4-9H2,1-3H3. The zero-order chi connectivity index (χ0) is 13.3. The monoisotopic (exact) mass is 252 g/mol. The van der Waals surface area contributed by atoms with Crippen LogP contribution in [0.4, 0.5) is 0 Å². The molecule has 0 amide bonds. The Kier molecular flexibility index (Phi) is 4.47. The average Bonchev–Trinajstić information content (AvgIpc) is 2.32. The molecule has 18 heavy (non-hydrogen) atoms. The number of ketones is 1. The van der Waals surface area contributed by atoms with Gasteiger partial charge in [-0.05, 0) is 56.3 Å². The third-order valence-electron chi connectivity index (χ3n) is 5.55. The Morgan fingerprint density at radius 3 is 2.44 bits per heavy atom. The van der Waals surface area contributed by atoms with E-state index in [0.29, 0.717) is 23.5 Å². The topological polar surface area (TPSA) is 37.3 Å². The molecule has 0 radical (unpaired) electrons. The Morgan fingerprint density at radius 1 is 1.06 bits per heavy atom. The minimum atomic E-state index is -0.145. The number of carbonyl (C=O) groups excluding carboxylic acids is 1. The molecule has 2 saturated carbocycles. The van der Waals surface area contributed by atoms with Crippen LogP contribution in [-0.4, -0.2) is 17.0 Å². The Balaban J connectivity index is 2.13. The lowest BCUT2D eigenvalue weighted by atomic mass is 9.61. The third-order valence-corrected chi connectivity index (χ3v) is 5.55. The molecule has 0 aromatic rings. The highest BCUT2D eigenvalue weighted by atomic mass is 16.3. The number of aliphatic hydroxyl groups is 1. The van der Waals surface area contributed by atoms with E-state index in [1.807, 2.05) is 0 Å². The first-order chi connectivity index (χ1) is 8.50. The first kappa shape index (κ1) is 14.0. The molecule has 0 bridgehead atoms. The van der Waals surface area contributed by atoms with Gasteiger partial charge in [-0.25, -0.2) is 0 Å². The van der Waals surface area contributed by atoms with Crippen molar-refractivity contribution in [2.75, 3.05) is 0 Å². The lowest BCUT2D eigenvalue weighted by Crippen LogP contribution is -2.41. The summed E-state index contributed by atoms with van der Waals surface area (Å²) in [6.45, 7) is 6.26. The van der Waals surface area contributed by atoms with E-state index in [4.69, 9.17) is 0 Å². The fraction of sp³-hybridized carbons (Fsp3) is 0.938. The number of carbonyl (C=O) groups is 1. The summed E-state index contributed by atoms with van der Waals surface area (Å²) >= 11 is 0. The first-order valence-corrected chi connectivity index (χ1v) is 7.69. The van der Waals surface area contributed by atoms with Crippen LogP contribution in [0.3, 0.4) is 0 Å². The van der Waals surface area contributed by atoms with Crippen molar-refractivity contribution in [3.63, 3.8) is 0 Å². The van der Waals surface area contributed by atoms with E-state index in [2.05, 4.69) is 13.8 Å². The highest BCUT2D eigenvalue weighted by Crippen LogP contribution is 2.45. The molecule has 6 atom stereocenters. The first-order valence-electron chi connectivity index (χ1n) is 7.69. The molecule has 6 unspecified atom stereocenters. The van der Waals surface area contributed by atoms with Crippen molar-refractivity contribution in [2.45, 2.75) is 65.4 Å². The van der Waals surface area contributed by atoms with Crippen LogP contribution < -0.4 is 0 Å². The molecule has 1 N–H and O–H groups in total. The maximum atomic E-state index is 11.9. The molecule has 0 heterocycles. The van der Waals surface area contributed by atoms with Gasteiger partial charge in [0.25, 0.3) is 0 Å². The van der Waals surface area contributed by atoms with Gasteiger partial charge in [0.1, 0.15) is 5.78 Å². The largest absolute Gasteiger partial charge is 0.393 e. The van der Waals surface area contributed by atoms with Crippen LogP contribution in [0.15, 0.2) is 0 Å². The van der Waals surface area contributed by atoms with Crippen molar-refractivity contribution in [1.82, 2.24) is 0 Å². The van der Waals surface area contributed by atoms with Crippen LogP contribution >= 0.6 is 0 Å². The van der Waals surface area contributed by atoms with Crippen LogP contribution in [0.2, 0.25) is 0 Å². The summed E-state index contributed by atoms with van der Waals surface area (Å²) in [5.74, 6) is 2.84. The zero-order valence-electron chi connectivity index (χ0n) is 12.1. The normalized spacial score (nSPS) is 45.8. The molecule has 0 aromatic carbocycles. The van der Waals surface area contributed by atoms with Gasteiger partial charge in [-0.15, -0.1) is 0 Å². The number of hydrogen-bond donors (Lipinski definition) is 1. The van der Waals surface area contributed by atoms with Crippen molar-refractivity contribution in [3.8, 4) is 0 Å². The van der Waals surface area contributed by atoms with E-state index in [1.54, 1.807) is 6.92 Å². The molecule has 2 aliphatic rings. The van der Waals surface area contributed by atoms with Crippen LogP contribution in [-0.2, 0) is 4.79 Å². The second-order valence-corrected chi connectivity index (χ2v) is 6.82. The van der Waals surface area contributed by atoms with Crippen molar-refractivity contribution in [1.29, 1.82) is 0 Å². The quantitative estimate of drug-likeness (QED) is 0.817. The zero-order valence-corrected chi connectivity index (χ0v) is 12.1. The molecule has 2 fully saturated rings. The van der Waals surface area contributed by atoms with Crippen molar-refractivity contribution >= 4 is 5.78 Å². The van der Waals surface area contributed by atoms with Gasteiger partial charge in [-0.2, -0.15) is 0 Å². The summed E-state index contributed by atoms with van der Waals surface area (Å²) in [6.07, 6.45) is 6.60. The van der Waals surface area contributed by atoms with Gasteiger partial charge in [-0.3, -0.25) is 4.79 Å². The smallest absolute Gasteiger partial charge is 0.133 e. The van der Waals surface area contributed by atoms with Crippen LogP contribution in [0, 0.1) is 29.6 Å². The van der Waals surface area contributed by atoms with Gasteiger partial charge in [0.15, 0.2) is 0 Å². The minimum absolute atomic E-state index is 0.145. The fourth-order valence-corrected chi connectivity index (χ4v) is 4.38. The van der Waals surface area contributed by atoms with E-state index in [0.717, 1.165) is 25.2 Å². The van der Waals surface area contributed by atoms with E-state index in [-0.39, 0.29) is 12.0 Å². The molecular formula is C16H28O2. The molecular weight excluding hydrogens is 224 g/mol. The Hall–Kier alpha value is -0.370. The highest BCUT2D eigenvalue weighted by molar-refractivity contribution is 5.78. The number of Topliss-reactive ketones (excluding diaryl/α,β-unsaturated/α-hetero) is 1. The highest BCUT2D eigenvalue weighted by Gasteiger charge is 2.41. The minimum Gasteiger partial charge on any atom is -0.393 e. The summed E-state index contributed by atoms with van der Waals surface area (Å²) < 4.78 is 0. The number of aliphatic hydroxyl groups excluding tert-OH is 1.